The van der Waals surface area contributed by atoms with Gasteiger partial charge in [0.25, 0.3) is 0 Å². The zero-order chi connectivity index (χ0) is 21.9. The summed E-state index contributed by atoms with van der Waals surface area (Å²) in [5.41, 5.74) is 5.03. The fourth-order valence-electron chi connectivity index (χ4n) is 4.59. The molecule has 5 rings (SSSR count). The number of ketones is 1. The van der Waals surface area contributed by atoms with Gasteiger partial charge in [-0.25, -0.2) is 0 Å². The average molecular weight is 425 g/mol. The lowest BCUT2D eigenvalue weighted by molar-refractivity contribution is 0.0992. The Labute approximate surface area is 188 Å². The Bertz CT molecular complexity index is 1250. The topological polar surface area (TPSA) is 59.8 Å². The molecule has 0 bridgehead atoms. The first-order valence-electron chi connectivity index (χ1n) is 11.3. The standard InChI is InChI=1S/C27H28N4O/c1-31-18-25(17-30-31)21-5-6-23-16-29-26(14-24(23)13-21)15-27(32)22-4-2-3-20(12-22)11-19-7-9-28-10-8-19/h2-6,12-14,16-19,28H,7-11,15H2,1H3. The van der Waals surface area contributed by atoms with Gasteiger partial charge in [0.2, 0.25) is 0 Å². The van der Waals surface area contributed by atoms with Crippen molar-refractivity contribution in [3.8, 4) is 11.1 Å². The van der Waals surface area contributed by atoms with Gasteiger partial charge >= 0.3 is 0 Å². The largest absolute Gasteiger partial charge is 0.317 e. The van der Waals surface area contributed by atoms with Crippen molar-refractivity contribution in [2.75, 3.05) is 13.1 Å². The van der Waals surface area contributed by atoms with E-state index >= 15 is 0 Å². The van der Waals surface area contributed by atoms with Gasteiger partial charge in [0.05, 0.1) is 12.6 Å². The van der Waals surface area contributed by atoms with Crippen LogP contribution in [0.15, 0.2) is 67.1 Å². The first-order chi connectivity index (χ1) is 15.6. The molecule has 0 unspecified atom stereocenters. The third kappa shape index (κ3) is 4.63. The molecule has 0 spiro atoms. The molecule has 32 heavy (non-hydrogen) atoms. The first-order valence-corrected chi connectivity index (χ1v) is 11.3. The lowest BCUT2D eigenvalue weighted by Gasteiger charge is -2.22. The van der Waals surface area contributed by atoms with Crippen molar-refractivity contribution < 1.29 is 4.79 Å². The SMILES string of the molecule is Cn1cc(-c2ccc3cnc(CC(=O)c4cccc(CC5CCNCC5)c4)cc3c2)cn1. The number of nitrogens with zero attached hydrogens (tertiary/aromatic N) is 3. The van der Waals surface area contributed by atoms with E-state index in [2.05, 4.69) is 45.7 Å². The Kier molecular flexibility index (Phi) is 5.82. The van der Waals surface area contributed by atoms with Crippen molar-refractivity contribution in [3.05, 3.63) is 83.9 Å². The maximum absolute atomic E-state index is 13.0. The van der Waals surface area contributed by atoms with Gasteiger partial charge in [-0.2, -0.15) is 5.10 Å². The molecule has 1 fully saturated rings. The van der Waals surface area contributed by atoms with Crippen LogP contribution >= 0.6 is 0 Å². The molecule has 0 aliphatic carbocycles. The van der Waals surface area contributed by atoms with Crippen LogP contribution in [-0.2, 0) is 19.9 Å². The van der Waals surface area contributed by atoms with E-state index < -0.39 is 0 Å². The molecule has 5 heteroatoms. The normalized spacial score (nSPS) is 14.7. The third-order valence-corrected chi connectivity index (χ3v) is 6.39. The Hall–Kier alpha value is -3.31. The second-order valence-electron chi connectivity index (χ2n) is 8.84. The minimum absolute atomic E-state index is 0.118. The highest BCUT2D eigenvalue weighted by Gasteiger charge is 2.15. The predicted octanol–water partition coefficient (Wildman–Crippen LogP) is 4.60. The van der Waals surface area contributed by atoms with Crippen molar-refractivity contribution in [2.45, 2.75) is 25.7 Å². The van der Waals surface area contributed by atoms with E-state index in [4.69, 9.17) is 0 Å². The number of hydrogen-bond acceptors (Lipinski definition) is 4. The van der Waals surface area contributed by atoms with Gasteiger partial charge in [-0.15, -0.1) is 0 Å². The summed E-state index contributed by atoms with van der Waals surface area (Å²) in [6, 6.07) is 16.5. The number of nitrogens with one attached hydrogen (secondary N) is 1. The number of carbonyl (C=O) groups excluding carboxylic acids is 1. The number of piperidine rings is 1. The molecule has 1 N–H and O–H groups in total. The van der Waals surface area contributed by atoms with Crippen LogP contribution < -0.4 is 5.32 Å². The summed E-state index contributed by atoms with van der Waals surface area (Å²) in [7, 11) is 1.92. The summed E-state index contributed by atoms with van der Waals surface area (Å²) in [6.45, 7) is 2.19. The Balaban J connectivity index is 1.33. The van der Waals surface area contributed by atoms with Crippen LogP contribution in [-0.4, -0.2) is 33.6 Å². The fraction of sp³-hybridized carbons (Fsp3) is 0.296. The zero-order valence-corrected chi connectivity index (χ0v) is 18.4. The Morgan fingerprint density at radius 3 is 2.72 bits per heavy atom. The summed E-state index contributed by atoms with van der Waals surface area (Å²) < 4.78 is 1.80. The summed E-state index contributed by atoms with van der Waals surface area (Å²) in [5.74, 6) is 0.824. The second kappa shape index (κ2) is 9.05. The first kappa shape index (κ1) is 20.6. The predicted molar refractivity (Wildman–Crippen MR) is 128 cm³/mol. The average Bonchev–Trinajstić information content (AvgIpc) is 3.26. The molecule has 162 valence electrons. The molecule has 1 aliphatic rings. The number of pyridine rings is 1. The minimum atomic E-state index is 0.118. The fourth-order valence-corrected chi connectivity index (χ4v) is 4.59. The zero-order valence-electron chi connectivity index (χ0n) is 18.4. The number of fused-ring (bicyclic) bond motifs is 1. The van der Waals surface area contributed by atoms with Gasteiger partial charge in [0.15, 0.2) is 5.78 Å². The van der Waals surface area contributed by atoms with E-state index in [-0.39, 0.29) is 5.78 Å². The molecular weight excluding hydrogens is 396 g/mol. The van der Waals surface area contributed by atoms with Crippen molar-refractivity contribution in [3.63, 3.8) is 0 Å². The van der Waals surface area contributed by atoms with Crippen LogP contribution in [0.4, 0.5) is 0 Å². The number of benzene rings is 2. The van der Waals surface area contributed by atoms with Gasteiger partial charge in [0.1, 0.15) is 0 Å². The maximum Gasteiger partial charge on any atom is 0.168 e. The molecule has 2 aromatic heterocycles. The van der Waals surface area contributed by atoms with Gasteiger partial charge in [-0.3, -0.25) is 14.5 Å². The number of hydrogen-bond donors (Lipinski definition) is 1. The molecule has 0 radical (unpaired) electrons. The summed E-state index contributed by atoms with van der Waals surface area (Å²) in [5, 5.41) is 9.84. The summed E-state index contributed by atoms with van der Waals surface area (Å²) in [6.07, 6.45) is 9.50. The van der Waals surface area contributed by atoms with Crippen molar-refractivity contribution in [2.24, 2.45) is 13.0 Å². The van der Waals surface area contributed by atoms with Gasteiger partial charge in [-0.1, -0.05) is 30.3 Å². The molecular formula is C27H28N4O. The highest BCUT2D eigenvalue weighted by atomic mass is 16.1. The minimum Gasteiger partial charge on any atom is -0.317 e. The monoisotopic (exact) mass is 424 g/mol. The summed E-state index contributed by atoms with van der Waals surface area (Å²) in [4.78, 5) is 17.6. The van der Waals surface area contributed by atoms with Crippen molar-refractivity contribution in [1.29, 1.82) is 0 Å². The molecule has 0 saturated carbocycles. The van der Waals surface area contributed by atoms with E-state index in [9.17, 15) is 4.79 Å². The maximum atomic E-state index is 13.0. The number of aryl methyl sites for hydroxylation is 1. The van der Waals surface area contributed by atoms with Crippen LogP contribution in [0.2, 0.25) is 0 Å². The van der Waals surface area contributed by atoms with E-state index in [1.807, 2.05) is 43.8 Å². The molecule has 5 nitrogen and oxygen atoms in total. The molecule has 1 saturated heterocycles. The molecule has 4 aromatic rings. The van der Waals surface area contributed by atoms with E-state index in [1.54, 1.807) is 4.68 Å². The van der Waals surface area contributed by atoms with Crippen LogP contribution in [0.25, 0.3) is 21.9 Å². The van der Waals surface area contributed by atoms with Crippen LogP contribution in [0.3, 0.4) is 0 Å². The summed E-state index contributed by atoms with van der Waals surface area (Å²) >= 11 is 0. The number of aromatic nitrogens is 3. The smallest absolute Gasteiger partial charge is 0.168 e. The molecule has 2 aromatic carbocycles. The van der Waals surface area contributed by atoms with Crippen molar-refractivity contribution >= 4 is 16.6 Å². The number of rotatable bonds is 6. The van der Waals surface area contributed by atoms with Crippen LogP contribution in [0.1, 0.15) is 34.5 Å². The van der Waals surface area contributed by atoms with E-state index in [0.717, 1.165) is 52.7 Å². The quantitative estimate of drug-likeness (QED) is 0.460. The highest BCUT2D eigenvalue weighted by Crippen LogP contribution is 2.25. The number of carbonyl (C=O) groups is 1. The lowest BCUT2D eigenvalue weighted by Crippen LogP contribution is -2.28. The second-order valence-corrected chi connectivity index (χ2v) is 8.84. The van der Waals surface area contributed by atoms with Crippen LogP contribution in [0, 0.1) is 5.92 Å². The van der Waals surface area contributed by atoms with Crippen LogP contribution in [0.5, 0.6) is 0 Å². The lowest BCUT2D eigenvalue weighted by atomic mass is 9.90. The van der Waals surface area contributed by atoms with Crippen molar-refractivity contribution in [1.82, 2.24) is 20.1 Å². The van der Waals surface area contributed by atoms with Gasteiger partial charge in [0, 0.05) is 41.6 Å². The molecule has 0 atom stereocenters. The highest BCUT2D eigenvalue weighted by molar-refractivity contribution is 5.98. The number of Topliss-reactive ketones (excluding diaryl/α,β-unsaturated/α-hetero) is 1. The Morgan fingerprint density at radius 1 is 1.03 bits per heavy atom. The van der Waals surface area contributed by atoms with E-state index in [1.165, 1.54) is 18.4 Å². The van der Waals surface area contributed by atoms with Gasteiger partial charge in [-0.05, 0) is 73.0 Å². The third-order valence-electron chi connectivity index (χ3n) is 6.39. The molecule has 1 aliphatic heterocycles. The molecule has 3 heterocycles. The Morgan fingerprint density at radius 2 is 1.91 bits per heavy atom. The van der Waals surface area contributed by atoms with E-state index in [0.29, 0.717) is 12.3 Å². The molecule has 0 amide bonds. The van der Waals surface area contributed by atoms with Gasteiger partial charge < -0.3 is 5.32 Å².